The summed E-state index contributed by atoms with van der Waals surface area (Å²) < 4.78 is 48.5. The van der Waals surface area contributed by atoms with Crippen LogP contribution in [0.15, 0.2) is 36.4 Å². The number of benzene rings is 2. The van der Waals surface area contributed by atoms with Crippen molar-refractivity contribution in [2.24, 2.45) is 5.73 Å². The van der Waals surface area contributed by atoms with Crippen LogP contribution in [0.5, 0.6) is 11.5 Å². The first-order valence-electron chi connectivity index (χ1n) is 7.39. The van der Waals surface area contributed by atoms with E-state index in [-0.39, 0.29) is 27.8 Å². The van der Waals surface area contributed by atoms with Gasteiger partial charge < -0.3 is 20.5 Å². The Labute approximate surface area is 157 Å². The molecule has 0 unspecified atom stereocenters. The normalized spacial score (nSPS) is 11.0. The number of amides is 2. The van der Waals surface area contributed by atoms with Gasteiger partial charge in [-0.3, -0.25) is 9.59 Å². The van der Waals surface area contributed by atoms with Crippen LogP contribution in [0, 0.1) is 0 Å². The van der Waals surface area contributed by atoms with E-state index in [0.717, 1.165) is 12.1 Å². The number of primary amides is 1. The first-order chi connectivity index (χ1) is 12.6. The number of methoxy groups -OCH3 is 1. The van der Waals surface area contributed by atoms with E-state index in [4.69, 9.17) is 26.8 Å². The van der Waals surface area contributed by atoms with Crippen molar-refractivity contribution in [3.63, 3.8) is 0 Å². The van der Waals surface area contributed by atoms with Crippen molar-refractivity contribution < 1.29 is 32.2 Å². The maximum absolute atomic E-state index is 12.8. The van der Waals surface area contributed by atoms with Crippen LogP contribution in [-0.2, 0) is 11.0 Å². The summed E-state index contributed by atoms with van der Waals surface area (Å²) in [6.07, 6.45) is -4.54. The highest BCUT2D eigenvalue weighted by atomic mass is 35.5. The molecule has 144 valence electrons. The Balaban J connectivity index is 2.26. The Morgan fingerprint density at radius 3 is 2.52 bits per heavy atom. The topological polar surface area (TPSA) is 90.7 Å². The van der Waals surface area contributed by atoms with Crippen LogP contribution in [-0.4, -0.2) is 25.5 Å². The van der Waals surface area contributed by atoms with E-state index in [1.807, 2.05) is 0 Å². The summed E-state index contributed by atoms with van der Waals surface area (Å²) in [5, 5.41) is 2.31. The molecular weight excluding hydrogens is 389 g/mol. The zero-order valence-electron chi connectivity index (χ0n) is 13.9. The van der Waals surface area contributed by atoms with Crippen LogP contribution in [0.4, 0.5) is 18.9 Å². The SMILES string of the molecule is COc1cc(C(=O)Nc2cccc(C(F)(F)F)c2)cc(Cl)c1OCC(N)=O. The van der Waals surface area contributed by atoms with Crippen molar-refractivity contribution in [3.8, 4) is 11.5 Å². The summed E-state index contributed by atoms with van der Waals surface area (Å²) in [7, 11) is 1.29. The average Bonchev–Trinajstić information content (AvgIpc) is 2.59. The molecule has 3 N–H and O–H groups in total. The van der Waals surface area contributed by atoms with E-state index in [2.05, 4.69) is 5.32 Å². The maximum Gasteiger partial charge on any atom is 0.416 e. The molecule has 0 aromatic heterocycles. The summed E-state index contributed by atoms with van der Waals surface area (Å²) in [4.78, 5) is 23.2. The summed E-state index contributed by atoms with van der Waals surface area (Å²) >= 11 is 6.04. The molecule has 0 fully saturated rings. The van der Waals surface area contributed by atoms with Gasteiger partial charge in [0.25, 0.3) is 11.8 Å². The van der Waals surface area contributed by atoms with Gasteiger partial charge in [0.1, 0.15) is 0 Å². The van der Waals surface area contributed by atoms with Gasteiger partial charge in [-0.1, -0.05) is 17.7 Å². The molecule has 2 amide bonds. The number of hydrogen-bond donors (Lipinski definition) is 2. The van der Waals surface area contributed by atoms with Gasteiger partial charge in [0, 0.05) is 11.3 Å². The molecule has 0 atom stereocenters. The fourth-order valence-electron chi connectivity index (χ4n) is 2.11. The Morgan fingerprint density at radius 1 is 1.22 bits per heavy atom. The molecule has 0 saturated heterocycles. The Bertz CT molecular complexity index is 872. The van der Waals surface area contributed by atoms with Gasteiger partial charge in [0.15, 0.2) is 18.1 Å². The smallest absolute Gasteiger partial charge is 0.416 e. The molecule has 0 heterocycles. The number of halogens is 4. The minimum Gasteiger partial charge on any atom is -0.493 e. The van der Waals surface area contributed by atoms with Crippen LogP contribution < -0.4 is 20.5 Å². The lowest BCUT2D eigenvalue weighted by Gasteiger charge is -2.14. The molecule has 0 saturated carbocycles. The summed E-state index contributed by atoms with van der Waals surface area (Å²) in [6.45, 7) is -0.453. The molecule has 27 heavy (non-hydrogen) atoms. The number of rotatable bonds is 6. The van der Waals surface area contributed by atoms with Crippen LogP contribution in [0.3, 0.4) is 0 Å². The Kier molecular flexibility index (Phi) is 6.17. The molecule has 2 aromatic carbocycles. The van der Waals surface area contributed by atoms with Crippen molar-refractivity contribution in [3.05, 3.63) is 52.5 Å². The number of anilines is 1. The molecule has 0 spiro atoms. The second-order valence-corrected chi connectivity index (χ2v) is 5.68. The predicted molar refractivity (Wildman–Crippen MR) is 92.1 cm³/mol. The van der Waals surface area contributed by atoms with Crippen molar-refractivity contribution in [1.29, 1.82) is 0 Å². The highest BCUT2D eigenvalue weighted by Gasteiger charge is 2.30. The lowest BCUT2D eigenvalue weighted by Crippen LogP contribution is -2.20. The molecule has 0 bridgehead atoms. The van der Waals surface area contributed by atoms with Crippen LogP contribution in [0.1, 0.15) is 15.9 Å². The van der Waals surface area contributed by atoms with Gasteiger partial charge >= 0.3 is 6.18 Å². The highest BCUT2D eigenvalue weighted by molar-refractivity contribution is 6.32. The zero-order valence-corrected chi connectivity index (χ0v) is 14.6. The lowest BCUT2D eigenvalue weighted by molar-refractivity contribution is -0.137. The van der Waals surface area contributed by atoms with E-state index >= 15 is 0 Å². The molecule has 10 heteroatoms. The molecule has 0 aliphatic carbocycles. The summed E-state index contributed by atoms with van der Waals surface area (Å²) in [6, 6.07) is 6.68. The highest BCUT2D eigenvalue weighted by Crippen LogP contribution is 2.37. The van der Waals surface area contributed by atoms with Gasteiger partial charge in [-0.05, 0) is 30.3 Å². The minimum atomic E-state index is -4.54. The van der Waals surface area contributed by atoms with Gasteiger partial charge in [0.05, 0.1) is 17.7 Å². The zero-order chi connectivity index (χ0) is 20.2. The van der Waals surface area contributed by atoms with Gasteiger partial charge in [-0.25, -0.2) is 0 Å². The summed E-state index contributed by atoms with van der Waals surface area (Å²) in [5.41, 5.74) is 4.07. The van der Waals surface area contributed by atoms with Crippen molar-refractivity contribution in [2.45, 2.75) is 6.18 Å². The van der Waals surface area contributed by atoms with Crippen molar-refractivity contribution >= 4 is 29.1 Å². The van der Waals surface area contributed by atoms with E-state index in [1.54, 1.807) is 0 Å². The minimum absolute atomic E-state index is 0.00795. The number of carbonyl (C=O) groups is 2. The first-order valence-corrected chi connectivity index (χ1v) is 7.77. The predicted octanol–water partition coefficient (Wildman–Crippen LogP) is 3.48. The molecule has 0 radical (unpaired) electrons. The van der Waals surface area contributed by atoms with Crippen molar-refractivity contribution in [1.82, 2.24) is 0 Å². The standard InChI is InChI=1S/C17H14ClF3N2O4/c1-26-13-6-9(5-12(18)15(13)27-8-14(22)24)16(25)23-11-4-2-3-10(7-11)17(19,20)21/h2-7H,8H2,1H3,(H2,22,24)(H,23,25). The fourth-order valence-corrected chi connectivity index (χ4v) is 2.38. The molecule has 0 aliphatic rings. The fraction of sp³-hybridized carbons (Fsp3) is 0.176. The van der Waals surface area contributed by atoms with E-state index in [1.165, 1.54) is 31.4 Å². The van der Waals surface area contributed by atoms with Crippen LogP contribution >= 0.6 is 11.6 Å². The van der Waals surface area contributed by atoms with Crippen LogP contribution in [0.25, 0.3) is 0 Å². The van der Waals surface area contributed by atoms with Gasteiger partial charge in [-0.2, -0.15) is 13.2 Å². The molecule has 2 rings (SSSR count). The number of hydrogen-bond acceptors (Lipinski definition) is 4. The van der Waals surface area contributed by atoms with E-state index < -0.39 is 30.2 Å². The summed E-state index contributed by atoms with van der Waals surface area (Å²) in [5.74, 6) is -1.39. The average molecular weight is 403 g/mol. The second kappa shape index (κ2) is 8.17. The number of ether oxygens (including phenoxy) is 2. The van der Waals surface area contributed by atoms with Crippen molar-refractivity contribution in [2.75, 3.05) is 19.0 Å². The number of nitrogens with one attached hydrogen (secondary N) is 1. The van der Waals surface area contributed by atoms with E-state index in [0.29, 0.717) is 0 Å². The Morgan fingerprint density at radius 2 is 1.93 bits per heavy atom. The molecular formula is C17H14ClF3N2O4. The first kappa shape index (κ1) is 20.4. The van der Waals surface area contributed by atoms with Crippen LogP contribution in [0.2, 0.25) is 5.02 Å². The van der Waals surface area contributed by atoms with Gasteiger partial charge in [0.2, 0.25) is 0 Å². The third kappa shape index (κ3) is 5.27. The Hall–Kier alpha value is -2.94. The molecule has 6 nitrogen and oxygen atoms in total. The maximum atomic E-state index is 12.8. The third-order valence-corrected chi connectivity index (χ3v) is 3.58. The molecule has 2 aromatic rings. The van der Waals surface area contributed by atoms with E-state index in [9.17, 15) is 22.8 Å². The molecule has 0 aliphatic heterocycles. The third-order valence-electron chi connectivity index (χ3n) is 3.30. The number of nitrogens with two attached hydrogens (primary N) is 1. The lowest BCUT2D eigenvalue weighted by atomic mass is 10.1. The monoisotopic (exact) mass is 402 g/mol. The van der Waals surface area contributed by atoms with Gasteiger partial charge in [-0.15, -0.1) is 0 Å². The number of alkyl halides is 3. The number of carbonyl (C=O) groups excluding carboxylic acids is 2. The largest absolute Gasteiger partial charge is 0.493 e. The quantitative estimate of drug-likeness (QED) is 0.774. The second-order valence-electron chi connectivity index (χ2n) is 5.28.